The van der Waals surface area contributed by atoms with Crippen molar-refractivity contribution in [1.29, 1.82) is 0 Å². The predicted molar refractivity (Wildman–Crippen MR) is 51.2 cm³/mol. The standard InChI is InChI=1S/C9H17N3O/c1-3-8(7-13)11-6-9-10-4-5-12(9)2/h4-5,8,11,13H,3,6-7H2,1-2H3/t8-/m0/s1. The van der Waals surface area contributed by atoms with E-state index in [1.54, 1.807) is 6.20 Å². The highest BCUT2D eigenvalue weighted by atomic mass is 16.3. The fourth-order valence-corrected chi connectivity index (χ4v) is 1.14. The third kappa shape index (κ3) is 2.82. The minimum atomic E-state index is 0.177. The molecule has 0 unspecified atom stereocenters. The Kier molecular flexibility index (Phi) is 3.92. The maximum absolute atomic E-state index is 8.93. The summed E-state index contributed by atoms with van der Waals surface area (Å²) in [5.41, 5.74) is 0. The molecule has 0 fully saturated rings. The molecular formula is C9H17N3O. The van der Waals surface area contributed by atoms with Crippen LogP contribution in [0.5, 0.6) is 0 Å². The van der Waals surface area contributed by atoms with Gasteiger partial charge in [-0.3, -0.25) is 0 Å². The van der Waals surface area contributed by atoms with Crippen molar-refractivity contribution in [3.8, 4) is 0 Å². The molecule has 0 radical (unpaired) electrons. The molecule has 74 valence electrons. The number of hydrogen-bond donors (Lipinski definition) is 2. The molecule has 0 aromatic carbocycles. The Morgan fingerprint density at radius 1 is 1.69 bits per heavy atom. The van der Waals surface area contributed by atoms with Gasteiger partial charge in [-0.15, -0.1) is 0 Å². The first-order valence-corrected chi connectivity index (χ1v) is 4.58. The summed E-state index contributed by atoms with van der Waals surface area (Å²) in [6, 6.07) is 0.177. The third-order valence-electron chi connectivity index (χ3n) is 2.18. The van der Waals surface area contributed by atoms with Crippen molar-refractivity contribution in [3.05, 3.63) is 18.2 Å². The van der Waals surface area contributed by atoms with Crippen LogP contribution in [0.15, 0.2) is 12.4 Å². The largest absolute Gasteiger partial charge is 0.395 e. The zero-order valence-electron chi connectivity index (χ0n) is 8.20. The van der Waals surface area contributed by atoms with Gasteiger partial charge in [0.25, 0.3) is 0 Å². The number of aliphatic hydroxyl groups is 1. The Bertz CT molecular complexity index is 243. The summed E-state index contributed by atoms with van der Waals surface area (Å²) in [6.07, 6.45) is 4.62. The molecule has 1 heterocycles. The van der Waals surface area contributed by atoms with Gasteiger partial charge < -0.3 is 15.0 Å². The summed E-state index contributed by atoms with van der Waals surface area (Å²) >= 11 is 0. The third-order valence-corrected chi connectivity index (χ3v) is 2.18. The zero-order chi connectivity index (χ0) is 9.68. The monoisotopic (exact) mass is 183 g/mol. The molecule has 0 saturated carbocycles. The molecule has 0 bridgehead atoms. The molecule has 0 aliphatic carbocycles. The molecule has 1 atom stereocenters. The molecule has 0 aliphatic heterocycles. The second kappa shape index (κ2) is 4.99. The average molecular weight is 183 g/mol. The van der Waals surface area contributed by atoms with E-state index in [-0.39, 0.29) is 12.6 Å². The smallest absolute Gasteiger partial charge is 0.122 e. The maximum atomic E-state index is 8.93. The van der Waals surface area contributed by atoms with Gasteiger partial charge in [-0.25, -0.2) is 4.98 Å². The second-order valence-electron chi connectivity index (χ2n) is 3.12. The number of nitrogens with one attached hydrogen (secondary N) is 1. The van der Waals surface area contributed by atoms with Crippen molar-refractivity contribution in [1.82, 2.24) is 14.9 Å². The minimum Gasteiger partial charge on any atom is -0.395 e. The van der Waals surface area contributed by atoms with Crippen molar-refractivity contribution in [3.63, 3.8) is 0 Å². The lowest BCUT2D eigenvalue weighted by atomic mass is 10.2. The zero-order valence-corrected chi connectivity index (χ0v) is 8.20. The van der Waals surface area contributed by atoms with E-state index in [0.717, 1.165) is 12.2 Å². The first-order chi connectivity index (χ1) is 6.27. The van der Waals surface area contributed by atoms with Crippen molar-refractivity contribution < 1.29 is 5.11 Å². The van der Waals surface area contributed by atoms with Crippen LogP contribution in [0.3, 0.4) is 0 Å². The summed E-state index contributed by atoms with van der Waals surface area (Å²) in [6.45, 7) is 2.94. The molecule has 1 aromatic heterocycles. The van der Waals surface area contributed by atoms with E-state index in [9.17, 15) is 0 Å². The SMILES string of the molecule is CC[C@@H](CO)NCc1nccn1C. The lowest BCUT2D eigenvalue weighted by Crippen LogP contribution is -2.32. The Hall–Kier alpha value is -0.870. The van der Waals surface area contributed by atoms with E-state index >= 15 is 0 Å². The average Bonchev–Trinajstić information content (AvgIpc) is 2.54. The summed E-state index contributed by atoms with van der Waals surface area (Å²) in [5.74, 6) is 0.993. The van der Waals surface area contributed by atoms with Gasteiger partial charge in [-0.1, -0.05) is 6.92 Å². The molecule has 0 amide bonds. The van der Waals surface area contributed by atoms with Gasteiger partial charge in [-0.05, 0) is 6.42 Å². The van der Waals surface area contributed by atoms with Crippen LogP contribution in [0.4, 0.5) is 0 Å². The van der Waals surface area contributed by atoms with Gasteiger partial charge in [0.05, 0.1) is 13.2 Å². The van der Waals surface area contributed by atoms with Crippen molar-refractivity contribution in [2.75, 3.05) is 6.61 Å². The summed E-state index contributed by atoms with van der Waals surface area (Å²) in [4.78, 5) is 4.18. The number of hydrogen-bond acceptors (Lipinski definition) is 3. The lowest BCUT2D eigenvalue weighted by molar-refractivity contribution is 0.237. The van der Waals surface area contributed by atoms with Gasteiger partial charge in [0.2, 0.25) is 0 Å². The molecule has 1 aromatic rings. The Labute approximate surface area is 78.6 Å². The number of aromatic nitrogens is 2. The normalized spacial score (nSPS) is 13.2. The number of aliphatic hydroxyl groups excluding tert-OH is 1. The Morgan fingerprint density at radius 2 is 2.46 bits per heavy atom. The molecule has 1 rings (SSSR count). The molecule has 2 N–H and O–H groups in total. The Balaban J connectivity index is 2.38. The van der Waals surface area contributed by atoms with Crippen LogP contribution in [-0.2, 0) is 13.6 Å². The molecule has 4 heteroatoms. The van der Waals surface area contributed by atoms with Crippen LogP contribution in [0.25, 0.3) is 0 Å². The molecular weight excluding hydrogens is 166 g/mol. The molecule has 0 spiro atoms. The van der Waals surface area contributed by atoms with Crippen LogP contribution in [0.1, 0.15) is 19.2 Å². The van der Waals surface area contributed by atoms with E-state index < -0.39 is 0 Å². The van der Waals surface area contributed by atoms with Crippen LogP contribution >= 0.6 is 0 Å². The summed E-state index contributed by atoms with van der Waals surface area (Å²) in [7, 11) is 1.96. The van der Waals surface area contributed by atoms with Gasteiger partial charge in [0.15, 0.2) is 0 Å². The maximum Gasteiger partial charge on any atom is 0.122 e. The first kappa shape index (κ1) is 10.2. The quantitative estimate of drug-likeness (QED) is 0.689. The highest BCUT2D eigenvalue weighted by Gasteiger charge is 2.04. The number of aryl methyl sites for hydroxylation is 1. The molecule has 0 aliphatic rings. The minimum absolute atomic E-state index is 0.177. The highest BCUT2D eigenvalue weighted by Crippen LogP contribution is 1.96. The lowest BCUT2D eigenvalue weighted by Gasteiger charge is -2.13. The van der Waals surface area contributed by atoms with Crippen molar-refractivity contribution >= 4 is 0 Å². The van der Waals surface area contributed by atoms with Crippen LogP contribution in [0.2, 0.25) is 0 Å². The van der Waals surface area contributed by atoms with Crippen molar-refractivity contribution in [2.24, 2.45) is 7.05 Å². The molecule has 4 nitrogen and oxygen atoms in total. The topological polar surface area (TPSA) is 50.1 Å². The fraction of sp³-hybridized carbons (Fsp3) is 0.667. The second-order valence-corrected chi connectivity index (χ2v) is 3.12. The van der Waals surface area contributed by atoms with E-state index in [1.807, 2.05) is 24.7 Å². The van der Waals surface area contributed by atoms with E-state index in [1.165, 1.54) is 0 Å². The highest BCUT2D eigenvalue weighted by molar-refractivity contribution is 4.90. The Morgan fingerprint density at radius 3 is 2.92 bits per heavy atom. The number of rotatable bonds is 5. The predicted octanol–water partition coefficient (Wildman–Crippen LogP) is 0.281. The summed E-state index contributed by atoms with van der Waals surface area (Å²) < 4.78 is 1.97. The van der Waals surface area contributed by atoms with Gasteiger partial charge in [-0.2, -0.15) is 0 Å². The molecule has 13 heavy (non-hydrogen) atoms. The first-order valence-electron chi connectivity index (χ1n) is 4.58. The summed E-state index contributed by atoms with van der Waals surface area (Å²) in [5, 5.41) is 12.2. The fourth-order valence-electron chi connectivity index (χ4n) is 1.14. The van der Waals surface area contributed by atoms with Gasteiger partial charge in [0, 0.05) is 25.5 Å². The molecule has 0 saturated heterocycles. The van der Waals surface area contributed by atoms with Crippen LogP contribution in [0, 0.1) is 0 Å². The van der Waals surface area contributed by atoms with Crippen LogP contribution < -0.4 is 5.32 Å². The van der Waals surface area contributed by atoms with E-state index in [4.69, 9.17) is 5.11 Å². The van der Waals surface area contributed by atoms with E-state index in [2.05, 4.69) is 10.3 Å². The number of imidazole rings is 1. The van der Waals surface area contributed by atoms with Crippen molar-refractivity contribution in [2.45, 2.75) is 25.9 Å². The van der Waals surface area contributed by atoms with E-state index in [0.29, 0.717) is 6.54 Å². The number of nitrogens with zero attached hydrogens (tertiary/aromatic N) is 2. The van der Waals surface area contributed by atoms with Gasteiger partial charge in [0.1, 0.15) is 5.82 Å². The van der Waals surface area contributed by atoms with Crippen LogP contribution in [-0.4, -0.2) is 27.3 Å². The van der Waals surface area contributed by atoms with Gasteiger partial charge >= 0.3 is 0 Å².